The number of likely N-dealkylation sites (N-methyl/N-ethyl adjacent to an activating group) is 1. The highest BCUT2D eigenvalue weighted by Gasteiger charge is 2.26. The maximum absolute atomic E-state index is 4.50. The van der Waals surface area contributed by atoms with E-state index in [2.05, 4.69) is 63.2 Å². The third kappa shape index (κ3) is 3.19. The number of hydrogen-bond acceptors (Lipinski definition) is 4. The highest BCUT2D eigenvalue weighted by Crippen LogP contribution is 2.36. The van der Waals surface area contributed by atoms with E-state index in [-0.39, 0.29) is 0 Å². The molecule has 1 unspecified atom stereocenters. The van der Waals surface area contributed by atoms with Crippen molar-refractivity contribution in [3.63, 3.8) is 0 Å². The first-order valence-corrected chi connectivity index (χ1v) is 10.0. The first kappa shape index (κ1) is 16.7. The summed E-state index contributed by atoms with van der Waals surface area (Å²) in [4.78, 5) is 13.9. The Balaban J connectivity index is 1.53. The zero-order valence-corrected chi connectivity index (χ0v) is 15.9. The van der Waals surface area contributed by atoms with E-state index in [0.717, 1.165) is 24.1 Å². The van der Waals surface area contributed by atoms with Crippen molar-refractivity contribution >= 4 is 16.7 Å². The lowest BCUT2D eigenvalue weighted by atomic mass is 9.84. The van der Waals surface area contributed by atoms with Crippen LogP contribution in [0.4, 0.5) is 5.69 Å². The van der Waals surface area contributed by atoms with Crippen LogP contribution in [0.3, 0.4) is 0 Å². The van der Waals surface area contributed by atoms with Crippen LogP contribution in [0.15, 0.2) is 48.8 Å². The largest absolute Gasteiger partial charge is 0.372 e. The number of hydrogen-bond donors (Lipinski definition) is 0. The summed E-state index contributed by atoms with van der Waals surface area (Å²) in [6.07, 6.45) is 7.54. The second kappa shape index (κ2) is 6.93. The van der Waals surface area contributed by atoms with Gasteiger partial charge in [0.05, 0.1) is 11.0 Å². The Bertz CT molecular complexity index is 962. The van der Waals surface area contributed by atoms with E-state index in [1.54, 1.807) is 12.4 Å². The first-order valence-electron chi connectivity index (χ1n) is 10.0. The molecule has 0 N–H and O–H groups in total. The lowest BCUT2D eigenvalue weighted by molar-refractivity contribution is 0.295. The third-order valence-electron chi connectivity index (χ3n) is 6.05. The van der Waals surface area contributed by atoms with Crippen LogP contribution < -0.4 is 4.90 Å². The van der Waals surface area contributed by atoms with Gasteiger partial charge in [-0.05, 0) is 67.3 Å². The molecule has 3 heterocycles. The van der Waals surface area contributed by atoms with Crippen molar-refractivity contribution in [1.82, 2.24) is 14.9 Å². The maximum atomic E-state index is 4.50. The summed E-state index contributed by atoms with van der Waals surface area (Å²) < 4.78 is 0. The van der Waals surface area contributed by atoms with E-state index in [9.17, 15) is 0 Å². The summed E-state index contributed by atoms with van der Waals surface area (Å²) in [7, 11) is 2.23. The number of fused-ring (bicyclic) bond motifs is 2. The number of aromatic nitrogens is 2. The predicted octanol–water partition coefficient (Wildman–Crippen LogP) is 4.20. The molecule has 0 radical (unpaired) electrons. The number of anilines is 1. The van der Waals surface area contributed by atoms with Crippen molar-refractivity contribution in [3.8, 4) is 0 Å². The Kier molecular flexibility index (Phi) is 4.29. The molecule has 1 atom stereocenters. The molecule has 0 saturated carbocycles. The molecule has 2 aliphatic rings. The number of piperidine rings is 1. The maximum Gasteiger partial charge on any atom is 0.0889 e. The Morgan fingerprint density at radius 2 is 1.70 bits per heavy atom. The molecular weight excluding hydrogens is 332 g/mol. The Morgan fingerprint density at radius 3 is 2.56 bits per heavy atom. The van der Waals surface area contributed by atoms with Gasteiger partial charge >= 0.3 is 0 Å². The molecule has 0 amide bonds. The number of nitrogens with zero attached hydrogens (tertiary/aromatic N) is 4. The minimum atomic E-state index is 0.389. The van der Waals surface area contributed by atoms with Crippen LogP contribution in [0.5, 0.6) is 0 Å². The van der Waals surface area contributed by atoms with Gasteiger partial charge in [-0.3, -0.25) is 9.97 Å². The van der Waals surface area contributed by atoms with E-state index in [1.165, 1.54) is 54.7 Å². The molecule has 1 aromatic heterocycles. The van der Waals surface area contributed by atoms with Gasteiger partial charge in [0.1, 0.15) is 0 Å². The molecule has 2 aromatic carbocycles. The van der Waals surface area contributed by atoms with E-state index < -0.39 is 0 Å². The van der Waals surface area contributed by atoms with Crippen LogP contribution in [-0.4, -0.2) is 41.5 Å². The topological polar surface area (TPSA) is 32.3 Å². The highest BCUT2D eigenvalue weighted by atomic mass is 15.1. The van der Waals surface area contributed by atoms with Crippen molar-refractivity contribution in [2.24, 2.45) is 0 Å². The van der Waals surface area contributed by atoms with E-state index in [1.807, 2.05) is 0 Å². The van der Waals surface area contributed by atoms with Crippen molar-refractivity contribution in [3.05, 3.63) is 65.5 Å². The van der Waals surface area contributed by atoms with Crippen molar-refractivity contribution in [1.29, 1.82) is 0 Å². The van der Waals surface area contributed by atoms with Crippen molar-refractivity contribution in [2.75, 3.05) is 31.6 Å². The van der Waals surface area contributed by atoms with Crippen LogP contribution in [0.1, 0.15) is 41.9 Å². The summed E-state index contributed by atoms with van der Waals surface area (Å²) >= 11 is 0. The van der Waals surface area contributed by atoms with Crippen molar-refractivity contribution < 1.29 is 0 Å². The minimum Gasteiger partial charge on any atom is -0.372 e. The lowest BCUT2D eigenvalue weighted by Gasteiger charge is -2.35. The zero-order valence-electron chi connectivity index (χ0n) is 15.9. The van der Waals surface area contributed by atoms with Gasteiger partial charge in [-0.2, -0.15) is 0 Å². The summed E-state index contributed by atoms with van der Waals surface area (Å²) in [5, 5.41) is 0. The van der Waals surface area contributed by atoms with E-state index in [4.69, 9.17) is 0 Å². The highest BCUT2D eigenvalue weighted by molar-refractivity contribution is 5.75. The van der Waals surface area contributed by atoms with E-state index >= 15 is 0 Å². The van der Waals surface area contributed by atoms with Crippen LogP contribution >= 0.6 is 0 Å². The average molecular weight is 358 g/mol. The quantitative estimate of drug-likeness (QED) is 0.687. The summed E-state index contributed by atoms with van der Waals surface area (Å²) in [5.74, 6) is 0.389. The normalized spacial score (nSPS) is 20.6. The zero-order chi connectivity index (χ0) is 18.2. The van der Waals surface area contributed by atoms with Gasteiger partial charge in [0.25, 0.3) is 0 Å². The smallest absolute Gasteiger partial charge is 0.0889 e. The molecule has 3 aromatic rings. The molecule has 27 heavy (non-hydrogen) atoms. The van der Waals surface area contributed by atoms with Gasteiger partial charge in [-0.15, -0.1) is 0 Å². The lowest BCUT2D eigenvalue weighted by Crippen LogP contribution is -2.32. The number of rotatable bonds is 2. The molecule has 0 bridgehead atoms. The Labute approximate surface area is 160 Å². The summed E-state index contributed by atoms with van der Waals surface area (Å²) in [6.45, 7) is 4.46. The average Bonchev–Trinajstić information content (AvgIpc) is 2.73. The van der Waals surface area contributed by atoms with Crippen LogP contribution in [-0.2, 0) is 6.54 Å². The molecule has 1 fully saturated rings. The molecule has 4 heteroatoms. The van der Waals surface area contributed by atoms with Gasteiger partial charge in [0, 0.05) is 50.2 Å². The van der Waals surface area contributed by atoms with E-state index in [0.29, 0.717) is 5.92 Å². The number of benzene rings is 2. The monoisotopic (exact) mass is 358 g/mol. The second-order valence-corrected chi connectivity index (χ2v) is 7.98. The SMILES string of the molecule is CN1Cc2cc(N3CCCCC3)ccc2C(c2ccc3nccnc3c2)C1. The van der Waals surface area contributed by atoms with Crippen LogP contribution in [0.25, 0.3) is 11.0 Å². The fourth-order valence-electron chi connectivity index (χ4n) is 4.67. The van der Waals surface area contributed by atoms with Gasteiger partial charge in [0.2, 0.25) is 0 Å². The molecular formula is C23H26N4. The molecule has 138 valence electrons. The molecule has 0 spiro atoms. The molecule has 1 saturated heterocycles. The first-order chi connectivity index (χ1) is 13.3. The van der Waals surface area contributed by atoms with Crippen LogP contribution in [0, 0.1) is 0 Å². The van der Waals surface area contributed by atoms with Gasteiger partial charge in [-0.1, -0.05) is 12.1 Å². The minimum absolute atomic E-state index is 0.389. The standard InChI is InChI=1S/C23H26N4/c1-26-15-18-13-19(27-11-3-2-4-12-27)6-7-20(18)21(16-26)17-5-8-22-23(14-17)25-10-9-24-22/h5-10,13-14,21H,2-4,11-12,15-16H2,1H3. The van der Waals surface area contributed by atoms with Crippen LogP contribution in [0.2, 0.25) is 0 Å². The fourth-order valence-corrected chi connectivity index (χ4v) is 4.67. The Hall–Kier alpha value is -2.46. The molecule has 4 nitrogen and oxygen atoms in total. The predicted molar refractivity (Wildman–Crippen MR) is 110 cm³/mol. The van der Waals surface area contributed by atoms with Gasteiger partial charge in [-0.25, -0.2) is 0 Å². The molecule has 5 rings (SSSR count). The molecule has 0 aliphatic carbocycles. The van der Waals surface area contributed by atoms with Gasteiger partial charge < -0.3 is 9.80 Å². The Morgan fingerprint density at radius 1 is 0.889 bits per heavy atom. The third-order valence-corrected chi connectivity index (χ3v) is 6.05. The fraction of sp³-hybridized carbons (Fsp3) is 0.391. The second-order valence-electron chi connectivity index (χ2n) is 7.98. The summed E-state index contributed by atoms with van der Waals surface area (Å²) in [6, 6.07) is 13.7. The summed E-state index contributed by atoms with van der Waals surface area (Å²) in [5.41, 5.74) is 7.61. The van der Waals surface area contributed by atoms with Crippen molar-refractivity contribution in [2.45, 2.75) is 31.7 Å². The van der Waals surface area contributed by atoms with Gasteiger partial charge in [0.15, 0.2) is 0 Å². The molecule has 2 aliphatic heterocycles.